The molecule has 0 spiro atoms. The third-order valence-corrected chi connectivity index (χ3v) is 4.83. The van der Waals surface area contributed by atoms with E-state index in [1.807, 2.05) is 11.9 Å². The summed E-state index contributed by atoms with van der Waals surface area (Å²) in [6, 6.07) is 2.69. The number of nitriles is 1. The summed E-state index contributed by atoms with van der Waals surface area (Å²) in [5.74, 6) is 0.838. The van der Waals surface area contributed by atoms with Gasteiger partial charge in [-0.25, -0.2) is 0 Å². The zero-order chi connectivity index (χ0) is 15.2. The molecular formula is C17H30N2O. The molecule has 0 aliphatic heterocycles. The van der Waals surface area contributed by atoms with E-state index in [0.717, 1.165) is 31.6 Å². The Morgan fingerprint density at radius 1 is 1.20 bits per heavy atom. The topological polar surface area (TPSA) is 44.1 Å². The zero-order valence-electron chi connectivity index (χ0n) is 13.6. The van der Waals surface area contributed by atoms with Crippen molar-refractivity contribution in [3.63, 3.8) is 0 Å². The summed E-state index contributed by atoms with van der Waals surface area (Å²) in [6.07, 6.45) is 7.70. The van der Waals surface area contributed by atoms with E-state index >= 15 is 0 Å². The third kappa shape index (κ3) is 3.75. The number of carbonyl (C=O) groups excluding carboxylic acids is 1. The van der Waals surface area contributed by atoms with Crippen LogP contribution in [0.15, 0.2) is 0 Å². The summed E-state index contributed by atoms with van der Waals surface area (Å²) >= 11 is 0. The monoisotopic (exact) mass is 278 g/mol. The largest absolute Gasteiger partial charge is 0.341 e. The lowest BCUT2D eigenvalue weighted by Gasteiger charge is -2.38. The summed E-state index contributed by atoms with van der Waals surface area (Å²) in [5.41, 5.74) is -0.790. The average Bonchev–Trinajstić information content (AvgIpc) is 2.46. The molecule has 0 saturated heterocycles. The molecule has 1 rings (SSSR count). The Morgan fingerprint density at radius 2 is 1.70 bits per heavy atom. The van der Waals surface area contributed by atoms with Crippen LogP contribution in [0.25, 0.3) is 0 Å². The first-order valence-corrected chi connectivity index (χ1v) is 8.19. The van der Waals surface area contributed by atoms with Crippen LogP contribution in [0.2, 0.25) is 0 Å². The molecule has 0 N–H and O–H groups in total. The van der Waals surface area contributed by atoms with E-state index in [4.69, 9.17) is 0 Å². The molecule has 0 aromatic rings. The molecule has 0 aromatic carbocycles. The van der Waals surface area contributed by atoms with Crippen LogP contribution in [0.4, 0.5) is 0 Å². The van der Waals surface area contributed by atoms with Gasteiger partial charge in [0.25, 0.3) is 0 Å². The Labute approximate surface area is 124 Å². The molecule has 20 heavy (non-hydrogen) atoms. The minimum Gasteiger partial charge on any atom is -0.341 e. The fourth-order valence-electron chi connectivity index (χ4n) is 3.49. The van der Waals surface area contributed by atoms with Crippen LogP contribution in [-0.4, -0.2) is 23.9 Å². The minimum atomic E-state index is -0.790. The third-order valence-electron chi connectivity index (χ3n) is 4.83. The second-order valence-electron chi connectivity index (χ2n) is 6.52. The van der Waals surface area contributed by atoms with Crippen LogP contribution >= 0.6 is 0 Å². The van der Waals surface area contributed by atoms with Gasteiger partial charge >= 0.3 is 0 Å². The smallest absolute Gasteiger partial charge is 0.243 e. The van der Waals surface area contributed by atoms with Gasteiger partial charge in [-0.3, -0.25) is 4.79 Å². The van der Waals surface area contributed by atoms with Crippen molar-refractivity contribution in [2.24, 2.45) is 11.3 Å². The summed E-state index contributed by atoms with van der Waals surface area (Å²) in [7, 11) is 1.90. The molecule has 0 aromatic heterocycles. The lowest BCUT2D eigenvalue weighted by Crippen LogP contribution is -2.47. The van der Waals surface area contributed by atoms with Crippen LogP contribution in [0, 0.1) is 22.7 Å². The number of carbonyl (C=O) groups is 1. The van der Waals surface area contributed by atoms with E-state index in [-0.39, 0.29) is 5.91 Å². The van der Waals surface area contributed by atoms with E-state index in [2.05, 4.69) is 26.8 Å². The van der Waals surface area contributed by atoms with Crippen molar-refractivity contribution in [1.29, 1.82) is 5.26 Å². The molecule has 114 valence electrons. The summed E-state index contributed by atoms with van der Waals surface area (Å²) in [6.45, 7) is 6.39. The first kappa shape index (κ1) is 17.0. The zero-order valence-corrected chi connectivity index (χ0v) is 13.6. The molecule has 0 bridgehead atoms. The molecule has 1 aliphatic carbocycles. The van der Waals surface area contributed by atoms with Crippen LogP contribution in [-0.2, 0) is 4.79 Å². The van der Waals surface area contributed by atoms with E-state index in [9.17, 15) is 10.1 Å². The lowest BCUT2D eigenvalue weighted by atomic mass is 9.78. The highest BCUT2D eigenvalue weighted by molar-refractivity contribution is 5.85. The van der Waals surface area contributed by atoms with Gasteiger partial charge in [-0.1, -0.05) is 33.6 Å². The highest BCUT2D eigenvalue weighted by atomic mass is 16.2. The van der Waals surface area contributed by atoms with Crippen molar-refractivity contribution >= 4 is 5.91 Å². The molecular weight excluding hydrogens is 248 g/mol. The minimum absolute atomic E-state index is 0.0586. The maximum Gasteiger partial charge on any atom is 0.243 e. The van der Waals surface area contributed by atoms with Crippen LogP contribution in [0.1, 0.15) is 72.1 Å². The van der Waals surface area contributed by atoms with Gasteiger partial charge in [0, 0.05) is 13.1 Å². The van der Waals surface area contributed by atoms with Gasteiger partial charge in [0.15, 0.2) is 0 Å². The maximum atomic E-state index is 12.9. The Balaban J connectivity index is 2.80. The Morgan fingerprint density at radius 3 is 2.10 bits per heavy atom. The summed E-state index contributed by atoms with van der Waals surface area (Å²) in [5, 5.41) is 9.60. The highest BCUT2D eigenvalue weighted by Crippen LogP contribution is 2.34. The van der Waals surface area contributed by atoms with Gasteiger partial charge in [-0.15, -0.1) is 0 Å². The number of rotatable bonds is 6. The van der Waals surface area contributed by atoms with Gasteiger partial charge < -0.3 is 4.90 Å². The number of nitrogens with zero attached hydrogens (tertiary/aromatic N) is 2. The molecule has 1 saturated carbocycles. The quantitative estimate of drug-likeness (QED) is 0.733. The van der Waals surface area contributed by atoms with Gasteiger partial charge in [0.1, 0.15) is 5.41 Å². The fraction of sp³-hybridized carbons (Fsp3) is 0.882. The van der Waals surface area contributed by atoms with Crippen LogP contribution < -0.4 is 0 Å². The second kappa shape index (κ2) is 7.67. The average molecular weight is 278 g/mol. The van der Waals surface area contributed by atoms with Crippen LogP contribution in [0.5, 0.6) is 0 Å². The Kier molecular flexibility index (Phi) is 6.52. The lowest BCUT2D eigenvalue weighted by molar-refractivity contribution is -0.141. The molecule has 3 nitrogen and oxygen atoms in total. The van der Waals surface area contributed by atoms with E-state index < -0.39 is 5.41 Å². The number of hydrogen-bond donors (Lipinski definition) is 0. The maximum absolute atomic E-state index is 12.9. The van der Waals surface area contributed by atoms with Crippen molar-refractivity contribution in [2.45, 2.75) is 78.2 Å². The molecule has 1 amide bonds. The molecule has 0 atom stereocenters. The Bertz CT molecular complexity index is 344. The predicted octanol–water partition coefficient (Wildman–Crippen LogP) is 4.13. The normalized spacial score (nSPS) is 23.1. The van der Waals surface area contributed by atoms with Crippen molar-refractivity contribution in [3.8, 4) is 6.07 Å². The van der Waals surface area contributed by atoms with E-state index in [1.54, 1.807) is 0 Å². The van der Waals surface area contributed by atoms with Crippen molar-refractivity contribution in [1.82, 2.24) is 4.90 Å². The molecule has 3 heteroatoms. The standard InChI is InChI=1S/C17H30N2O/c1-5-11-17(13-18,12-6-2)16(20)19(4)15-9-7-14(3)8-10-15/h14-15H,5-12H2,1-4H3. The van der Waals surface area contributed by atoms with E-state index in [0.29, 0.717) is 18.9 Å². The summed E-state index contributed by atoms with van der Waals surface area (Å²) in [4.78, 5) is 14.7. The van der Waals surface area contributed by atoms with Gasteiger partial charge in [0.2, 0.25) is 5.91 Å². The summed E-state index contributed by atoms with van der Waals surface area (Å²) < 4.78 is 0. The van der Waals surface area contributed by atoms with Crippen LogP contribution in [0.3, 0.4) is 0 Å². The van der Waals surface area contributed by atoms with Crippen molar-refractivity contribution in [3.05, 3.63) is 0 Å². The van der Waals surface area contributed by atoms with Gasteiger partial charge in [-0.2, -0.15) is 5.26 Å². The van der Waals surface area contributed by atoms with Crippen molar-refractivity contribution < 1.29 is 4.79 Å². The predicted molar refractivity (Wildman–Crippen MR) is 82.1 cm³/mol. The molecule has 0 unspecified atom stereocenters. The van der Waals surface area contributed by atoms with Gasteiger partial charge in [0.05, 0.1) is 6.07 Å². The molecule has 0 radical (unpaired) electrons. The molecule has 1 aliphatic rings. The second-order valence-corrected chi connectivity index (χ2v) is 6.52. The molecule has 1 fully saturated rings. The molecule has 0 heterocycles. The number of hydrogen-bond acceptors (Lipinski definition) is 2. The highest BCUT2D eigenvalue weighted by Gasteiger charge is 2.41. The SMILES string of the molecule is CCCC(C#N)(CCC)C(=O)N(C)C1CCC(C)CC1. The van der Waals surface area contributed by atoms with Gasteiger partial charge in [-0.05, 0) is 44.4 Å². The first-order chi connectivity index (χ1) is 9.50. The first-order valence-electron chi connectivity index (χ1n) is 8.19. The number of amides is 1. The van der Waals surface area contributed by atoms with Crippen molar-refractivity contribution in [2.75, 3.05) is 7.05 Å². The fourth-order valence-corrected chi connectivity index (χ4v) is 3.49. The van der Waals surface area contributed by atoms with E-state index in [1.165, 1.54) is 12.8 Å². The Hall–Kier alpha value is -1.04.